The zero-order chi connectivity index (χ0) is 12.1. The minimum atomic E-state index is 0.755. The normalized spacial score (nSPS) is 10.6. The van der Waals surface area contributed by atoms with Gasteiger partial charge in [0, 0.05) is 11.5 Å². The lowest BCUT2D eigenvalue weighted by atomic mass is 10.1. The third kappa shape index (κ3) is 3.51. The van der Waals surface area contributed by atoms with Crippen molar-refractivity contribution in [3.05, 3.63) is 48.0 Å². The first-order chi connectivity index (χ1) is 8.29. The van der Waals surface area contributed by atoms with Crippen LogP contribution in [0.15, 0.2) is 42.5 Å². The predicted octanol–water partition coefficient (Wildman–Crippen LogP) is 4.41. The van der Waals surface area contributed by atoms with E-state index in [0.29, 0.717) is 0 Å². The fourth-order valence-corrected chi connectivity index (χ4v) is 3.14. The highest BCUT2D eigenvalue weighted by molar-refractivity contribution is 8.15. The highest BCUT2D eigenvalue weighted by Crippen LogP contribution is 2.20. The van der Waals surface area contributed by atoms with Crippen LogP contribution in [0.2, 0.25) is 0 Å². The molecule has 2 aromatic rings. The van der Waals surface area contributed by atoms with Crippen LogP contribution in [-0.2, 0) is 5.75 Å². The fourth-order valence-electron chi connectivity index (χ4n) is 1.67. The molecule has 0 aliphatic carbocycles. The largest absolute Gasteiger partial charge is 0.298 e. The Morgan fingerprint density at radius 2 is 1.88 bits per heavy atom. The van der Waals surface area contributed by atoms with E-state index >= 15 is 0 Å². The third-order valence-electron chi connectivity index (χ3n) is 2.50. The molecule has 3 heteroatoms. The molecule has 0 spiro atoms. The van der Waals surface area contributed by atoms with Gasteiger partial charge in [-0.3, -0.25) is 5.41 Å². The lowest BCUT2D eigenvalue weighted by Gasteiger charge is -2.04. The lowest BCUT2D eigenvalue weighted by Crippen LogP contribution is -1.94. The molecule has 0 bridgehead atoms. The Morgan fingerprint density at radius 1 is 1.12 bits per heavy atom. The Labute approximate surface area is 111 Å². The molecule has 0 aliphatic rings. The number of hydrogen-bond acceptors (Lipinski definition) is 3. The first-order valence-corrected chi connectivity index (χ1v) is 7.84. The zero-order valence-corrected chi connectivity index (χ0v) is 11.4. The number of rotatable bonds is 4. The quantitative estimate of drug-likeness (QED) is 0.651. The highest BCUT2D eigenvalue weighted by atomic mass is 32.2. The Morgan fingerprint density at radius 3 is 2.65 bits per heavy atom. The lowest BCUT2D eigenvalue weighted by molar-refractivity contribution is 1.44. The summed E-state index contributed by atoms with van der Waals surface area (Å²) in [6.45, 7) is 0. The van der Waals surface area contributed by atoms with Crippen LogP contribution in [0.3, 0.4) is 0 Å². The molecule has 88 valence electrons. The van der Waals surface area contributed by atoms with Gasteiger partial charge in [0.2, 0.25) is 0 Å². The van der Waals surface area contributed by atoms with Crippen LogP contribution in [0.1, 0.15) is 5.56 Å². The van der Waals surface area contributed by atoms with Crippen molar-refractivity contribution in [1.29, 1.82) is 5.41 Å². The molecule has 0 heterocycles. The van der Waals surface area contributed by atoms with Gasteiger partial charge >= 0.3 is 0 Å². The van der Waals surface area contributed by atoms with Crippen LogP contribution in [-0.4, -0.2) is 17.1 Å². The molecular weight excluding hydrogens is 246 g/mol. The summed E-state index contributed by atoms with van der Waals surface area (Å²) in [4.78, 5) is 0. The maximum absolute atomic E-state index is 7.74. The summed E-state index contributed by atoms with van der Waals surface area (Å²) >= 11 is 3.33. The molecule has 0 atom stereocenters. The van der Waals surface area contributed by atoms with Crippen molar-refractivity contribution in [2.75, 3.05) is 12.0 Å². The van der Waals surface area contributed by atoms with E-state index in [1.54, 1.807) is 23.5 Å². The maximum Gasteiger partial charge on any atom is 0.0743 e. The van der Waals surface area contributed by atoms with Crippen molar-refractivity contribution in [3.8, 4) is 0 Å². The molecule has 2 aromatic carbocycles. The van der Waals surface area contributed by atoms with Gasteiger partial charge in [-0.25, -0.2) is 0 Å². The number of nitrogens with one attached hydrogen (secondary N) is 1. The SMILES string of the molecule is CSCC(=N)SCc1ccc2ccccc2c1. The van der Waals surface area contributed by atoms with E-state index in [9.17, 15) is 0 Å². The summed E-state index contributed by atoms with van der Waals surface area (Å²) in [7, 11) is 0. The summed E-state index contributed by atoms with van der Waals surface area (Å²) in [5.74, 6) is 1.71. The van der Waals surface area contributed by atoms with Crippen LogP contribution in [0.25, 0.3) is 10.8 Å². The van der Waals surface area contributed by atoms with Crippen molar-refractivity contribution in [3.63, 3.8) is 0 Å². The van der Waals surface area contributed by atoms with E-state index in [0.717, 1.165) is 16.5 Å². The molecule has 0 fully saturated rings. The van der Waals surface area contributed by atoms with Gasteiger partial charge in [-0.15, -0.1) is 11.8 Å². The van der Waals surface area contributed by atoms with E-state index in [-0.39, 0.29) is 0 Å². The van der Waals surface area contributed by atoms with Crippen LogP contribution in [0, 0.1) is 5.41 Å². The van der Waals surface area contributed by atoms with Gasteiger partial charge in [0.05, 0.1) is 5.04 Å². The van der Waals surface area contributed by atoms with Gasteiger partial charge in [0.1, 0.15) is 0 Å². The van der Waals surface area contributed by atoms with Crippen LogP contribution < -0.4 is 0 Å². The average molecular weight is 261 g/mol. The Kier molecular flexibility index (Phi) is 4.51. The van der Waals surface area contributed by atoms with E-state index in [1.807, 2.05) is 6.26 Å². The molecule has 0 amide bonds. The Hall–Kier alpha value is -0.930. The average Bonchev–Trinajstić information content (AvgIpc) is 2.36. The first-order valence-electron chi connectivity index (χ1n) is 5.46. The Balaban J connectivity index is 2.06. The minimum absolute atomic E-state index is 0.755. The molecule has 0 aliphatic heterocycles. The van der Waals surface area contributed by atoms with Gasteiger partial charge in [-0.2, -0.15) is 11.8 Å². The van der Waals surface area contributed by atoms with Crippen LogP contribution in [0.4, 0.5) is 0 Å². The van der Waals surface area contributed by atoms with E-state index < -0.39 is 0 Å². The number of hydrogen-bond donors (Lipinski definition) is 1. The molecule has 0 aromatic heterocycles. The maximum atomic E-state index is 7.74. The van der Waals surface area contributed by atoms with Gasteiger partial charge in [0.15, 0.2) is 0 Å². The fraction of sp³-hybridized carbons (Fsp3) is 0.214. The number of benzene rings is 2. The van der Waals surface area contributed by atoms with Gasteiger partial charge in [-0.05, 0) is 22.6 Å². The highest BCUT2D eigenvalue weighted by Gasteiger charge is 2.00. The summed E-state index contributed by atoms with van der Waals surface area (Å²) in [5, 5.41) is 11.1. The molecule has 0 saturated carbocycles. The third-order valence-corrected chi connectivity index (χ3v) is 4.23. The number of fused-ring (bicyclic) bond motifs is 1. The smallest absolute Gasteiger partial charge is 0.0743 e. The molecule has 0 saturated heterocycles. The van der Waals surface area contributed by atoms with Gasteiger partial charge in [-0.1, -0.05) is 42.5 Å². The van der Waals surface area contributed by atoms with Crippen molar-refractivity contribution >= 4 is 39.3 Å². The second-order valence-electron chi connectivity index (χ2n) is 3.83. The first kappa shape index (κ1) is 12.5. The summed E-state index contributed by atoms with van der Waals surface area (Å²) in [5.41, 5.74) is 1.29. The van der Waals surface area contributed by atoms with Crippen LogP contribution in [0.5, 0.6) is 0 Å². The van der Waals surface area contributed by atoms with Crippen molar-refractivity contribution < 1.29 is 0 Å². The van der Waals surface area contributed by atoms with Crippen molar-refractivity contribution in [2.45, 2.75) is 5.75 Å². The second kappa shape index (κ2) is 6.12. The van der Waals surface area contributed by atoms with Crippen molar-refractivity contribution in [2.24, 2.45) is 0 Å². The minimum Gasteiger partial charge on any atom is -0.298 e. The molecular formula is C14H15NS2. The predicted molar refractivity (Wildman–Crippen MR) is 81.4 cm³/mol. The summed E-state index contributed by atoms with van der Waals surface area (Å²) < 4.78 is 0. The molecule has 0 radical (unpaired) electrons. The monoisotopic (exact) mass is 261 g/mol. The second-order valence-corrected chi connectivity index (χ2v) is 5.76. The molecule has 2 rings (SSSR count). The zero-order valence-electron chi connectivity index (χ0n) is 9.77. The molecule has 0 unspecified atom stereocenters. The van der Waals surface area contributed by atoms with Crippen molar-refractivity contribution in [1.82, 2.24) is 0 Å². The van der Waals surface area contributed by atoms with E-state index in [4.69, 9.17) is 5.41 Å². The van der Waals surface area contributed by atoms with Crippen LogP contribution >= 0.6 is 23.5 Å². The Bertz CT molecular complexity index is 522. The molecule has 1 nitrogen and oxygen atoms in total. The van der Waals surface area contributed by atoms with Gasteiger partial charge < -0.3 is 0 Å². The summed E-state index contributed by atoms with van der Waals surface area (Å²) in [6, 6.07) is 14.9. The summed E-state index contributed by atoms with van der Waals surface area (Å²) in [6.07, 6.45) is 2.03. The topological polar surface area (TPSA) is 23.9 Å². The van der Waals surface area contributed by atoms with E-state index in [1.165, 1.54) is 16.3 Å². The van der Waals surface area contributed by atoms with Gasteiger partial charge in [0.25, 0.3) is 0 Å². The van der Waals surface area contributed by atoms with E-state index in [2.05, 4.69) is 42.5 Å². The molecule has 17 heavy (non-hydrogen) atoms. The number of thioether (sulfide) groups is 2. The standard InChI is InChI=1S/C14H15NS2/c1-16-10-14(15)17-9-11-6-7-12-4-2-3-5-13(12)8-11/h2-8,15H,9-10H2,1H3. The molecule has 1 N–H and O–H groups in total.